The number of hydrogen-bond donors (Lipinski definition) is 1. The van der Waals surface area contributed by atoms with Crippen molar-refractivity contribution < 1.29 is 28.9 Å². The van der Waals surface area contributed by atoms with Crippen LogP contribution in [-0.4, -0.2) is 36.0 Å². The molecule has 39 heavy (non-hydrogen) atoms. The van der Waals surface area contributed by atoms with Crippen LogP contribution < -0.4 is 19.1 Å². The van der Waals surface area contributed by atoms with Crippen molar-refractivity contribution in [1.82, 2.24) is 4.98 Å². The number of benzene rings is 3. The molecule has 1 aliphatic rings. The third-order valence-corrected chi connectivity index (χ3v) is 7.18. The van der Waals surface area contributed by atoms with Crippen molar-refractivity contribution >= 4 is 33.9 Å². The van der Waals surface area contributed by atoms with Crippen LogP contribution >= 0.6 is 11.3 Å². The Bertz CT molecular complexity index is 1550. The van der Waals surface area contributed by atoms with Gasteiger partial charge in [0.2, 0.25) is 0 Å². The van der Waals surface area contributed by atoms with Crippen LogP contribution in [0, 0.1) is 6.92 Å². The summed E-state index contributed by atoms with van der Waals surface area (Å²) in [6.07, 6.45) is 1.56. The van der Waals surface area contributed by atoms with Crippen LogP contribution in [0.2, 0.25) is 0 Å². The van der Waals surface area contributed by atoms with Gasteiger partial charge in [0.1, 0.15) is 18.1 Å². The van der Waals surface area contributed by atoms with Crippen LogP contribution in [0.4, 0.5) is 5.13 Å². The average Bonchev–Trinajstić information content (AvgIpc) is 3.58. The van der Waals surface area contributed by atoms with Crippen LogP contribution in [-0.2, 0) is 16.2 Å². The van der Waals surface area contributed by atoms with Crippen LogP contribution in [0.5, 0.6) is 17.2 Å². The lowest BCUT2D eigenvalue weighted by atomic mass is 9.95. The monoisotopic (exact) mass is 542 g/mol. The fraction of sp³-hybridized carbons (Fsp3) is 0.167. The van der Waals surface area contributed by atoms with E-state index in [1.807, 2.05) is 25.1 Å². The number of nitrogens with zero attached hydrogens (tertiary/aromatic N) is 2. The van der Waals surface area contributed by atoms with Gasteiger partial charge in [0.15, 0.2) is 16.6 Å². The molecule has 0 aliphatic carbocycles. The van der Waals surface area contributed by atoms with Gasteiger partial charge in [0, 0.05) is 17.1 Å². The van der Waals surface area contributed by atoms with E-state index in [0.717, 1.165) is 11.1 Å². The van der Waals surface area contributed by atoms with Gasteiger partial charge in [-0.25, -0.2) is 4.98 Å². The van der Waals surface area contributed by atoms with Gasteiger partial charge in [-0.2, -0.15) is 0 Å². The van der Waals surface area contributed by atoms with E-state index in [2.05, 4.69) is 11.1 Å². The van der Waals surface area contributed by atoms with E-state index in [0.29, 0.717) is 40.1 Å². The predicted octanol–water partition coefficient (Wildman–Crippen LogP) is 5.67. The first-order valence-corrected chi connectivity index (χ1v) is 13.0. The van der Waals surface area contributed by atoms with Crippen LogP contribution in [0.25, 0.3) is 5.76 Å². The molecule has 8 nitrogen and oxygen atoms in total. The van der Waals surface area contributed by atoms with Gasteiger partial charge in [-0.3, -0.25) is 14.5 Å². The molecular formula is C30H26N2O6S. The van der Waals surface area contributed by atoms with E-state index in [-0.39, 0.29) is 11.3 Å². The lowest BCUT2D eigenvalue weighted by molar-refractivity contribution is -0.132. The number of methoxy groups -OCH3 is 2. The van der Waals surface area contributed by atoms with Gasteiger partial charge in [0.25, 0.3) is 5.78 Å². The minimum atomic E-state index is -0.923. The summed E-state index contributed by atoms with van der Waals surface area (Å²) < 4.78 is 16.7. The predicted molar refractivity (Wildman–Crippen MR) is 148 cm³/mol. The maximum Gasteiger partial charge on any atom is 0.301 e. The SMILES string of the molecule is COc1ccc(C2C(=C(O)c3ccc(OCc4cccc(C)c4)cc3)C(=O)C(=O)N2c2nccs2)cc1OC. The molecule has 1 N–H and O–H groups in total. The Labute approximate surface area is 229 Å². The summed E-state index contributed by atoms with van der Waals surface area (Å²) in [5, 5.41) is 13.4. The zero-order valence-electron chi connectivity index (χ0n) is 21.6. The highest BCUT2D eigenvalue weighted by Crippen LogP contribution is 2.44. The van der Waals surface area contributed by atoms with Gasteiger partial charge in [-0.05, 0) is 54.4 Å². The Morgan fingerprint density at radius 1 is 1.00 bits per heavy atom. The molecule has 1 saturated heterocycles. The number of rotatable bonds is 8. The minimum absolute atomic E-state index is 0.0455. The Morgan fingerprint density at radius 2 is 1.77 bits per heavy atom. The number of anilines is 1. The van der Waals surface area contributed by atoms with Gasteiger partial charge in [0.05, 0.1) is 25.8 Å². The molecule has 1 fully saturated rings. The van der Waals surface area contributed by atoms with Crippen LogP contribution in [0.3, 0.4) is 0 Å². The van der Waals surface area contributed by atoms with Gasteiger partial charge in [-0.1, -0.05) is 35.9 Å². The average molecular weight is 543 g/mol. The van der Waals surface area contributed by atoms with Crippen molar-refractivity contribution in [3.05, 3.63) is 106 Å². The molecule has 0 radical (unpaired) electrons. The quantitative estimate of drug-likeness (QED) is 0.174. The maximum absolute atomic E-state index is 13.3. The molecule has 5 rings (SSSR count). The summed E-state index contributed by atoms with van der Waals surface area (Å²) in [5.41, 5.74) is 3.08. The lowest BCUT2D eigenvalue weighted by Gasteiger charge is -2.23. The summed E-state index contributed by atoms with van der Waals surface area (Å²) in [6, 6.07) is 19.0. The molecule has 1 aliphatic heterocycles. The number of thiazole rings is 1. The highest BCUT2D eigenvalue weighted by atomic mass is 32.1. The largest absolute Gasteiger partial charge is 0.507 e. The first-order valence-electron chi connectivity index (χ1n) is 12.1. The number of ether oxygens (including phenoxy) is 3. The van der Waals surface area contributed by atoms with E-state index in [9.17, 15) is 14.7 Å². The molecule has 1 atom stereocenters. The van der Waals surface area contributed by atoms with Gasteiger partial charge >= 0.3 is 5.91 Å². The number of carbonyl (C=O) groups is 2. The number of ketones is 1. The zero-order chi connectivity index (χ0) is 27.5. The molecule has 0 bridgehead atoms. The summed E-state index contributed by atoms with van der Waals surface area (Å²) in [6.45, 7) is 2.42. The molecule has 1 unspecified atom stereocenters. The van der Waals surface area contributed by atoms with Crippen molar-refractivity contribution in [2.75, 3.05) is 19.1 Å². The number of carbonyl (C=O) groups excluding carboxylic acids is 2. The molecule has 0 spiro atoms. The zero-order valence-corrected chi connectivity index (χ0v) is 22.4. The Balaban J connectivity index is 1.52. The molecule has 4 aromatic rings. The van der Waals surface area contributed by atoms with E-state index in [1.54, 1.807) is 54.0 Å². The second-order valence-electron chi connectivity index (χ2n) is 8.90. The highest BCUT2D eigenvalue weighted by molar-refractivity contribution is 7.14. The first kappa shape index (κ1) is 26.0. The van der Waals surface area contributed by atoms with Gasteiger partial charge in [-0.15, -0.1) is 11.3 Å². The van der Waals surface area contributed by atoms with E-state index in [1.165, 1.54) is 30.5 Å². The molecule has 3 aromatic carbocycles. The van der Waals surface area contributed by atoms with E-state index in [4.69, 9.17) is 14.2 Å². The molecule has 1 amide bonds. The summed E-state index contributed by atoms with van der Waals surface area (Å²) >= 11 is 1.22. The summed E-state index contributed by atoms with van der Waals surface area (Å²) in [7, 11) is 3.02. The molecular weight excluding hydrogens is 516 g/mol. The van der Waals surface area contributed by atoms with Crippen molar-refractivity contribution in [3.63, 3.8) is 0 Å². The fourth-order valence-corrected chi connectivity index (χ4v) is 5.20. The topological polar surface area (TPSA) is 98.2 Å². The second kappa shape index (κ2) is 11.0. The smallest absolute Gasteiger partial charge is 0.301 e. The highest BCUT2D eigenvalue weighted by Gasteiger charge is 2.48. The van der Waals surface area contributed by atoms with E-state index < -0.39 is 17.7 Å². The minimum Gasteiger partial charge on any atom is -0.507 e. The van der Waals surface area contributed by atoms with Crippen LogP contribution in [0.15, 0.2) is 83.9 Å². The van der Waals surface area contributed by atoms with Gasteiger partial charge < -0.3 is 19.3 Å². The van der Waals surface area contributed by atoms with Crippen molar-refractivity contribution in [3.8, 4) is 17.2 Å². The second-order valence-corrected chi connectivity index (χ2v) is 9.77. The van der Waals surface area contributed by atoms with E-state index >= 15 is 0 Å². The van der Waals surface area contributed by atoms with Crippen molar-refractivity contribution in [2.45, 2.75) is 19.6 Å². The van der Waals surface area contributed by atoms with Crippen molar-refractivity contribution in [2.24, 2.45) is 0 Å². The number of hydrogen-bond acceptors (Lipinski definition) is 8. The molecule has 2 heterocycles. The van der Waals surface area contributed by atoms with Crippen LogP contribution in [0.1, 0.15) is 28.3 Å². The third-order valence-electron chi connectivity index (χ3n) is 6.41. The molecule has 1 aromatic heterocycles. The lowest BCUT2D eigenvalue weighted by Crippen LogP contribution is -2.29. The number of amides is 1. The molecule has 0 saturated carbocycles. The number of aliphatic hydroxyl groups is 1. The number of Topliss-reactive ketones (excluding diaryl/α,β-unsaturated/α-hetero) is 1. The Morgan fingerprint density at radius 3 is 2.44 bits per heavy atom. The Kier molecular flexibility index (Phi) is 7.33. The maximum atomic E-state index is 13.3. The first-order chi connectivity index (χ1) is 18.9. The number of aromatic nitrogens is 1. The third kappa shape index (κ3) is 5.08. The molecule has 198 valence electrons. The number of aliphatic hydroxyl groups excluding tert-OH is 1. The fourth-order valence-electron chi connectivity index (χ4n) is 4.54. The standard InChI is InChI=1S/C30H26N2O6S/c1-18-5-4-6-19(15-18)17-38-22-10-7-20(8-11-22)27(33)25-26(21-9-12-23(36-2)24(16-21)37-3)32(29(35)28(25)34)30-31-13-14-39-30/h4-16,26,33H,17H2,1-3H3. The normalized spacial score (nSPS) is 16.4. The summed E-state index contributed by atoms with van der Waals surface area (Å²) in [4.78, 5) is 32.1. The summed E-state index contributed by atoms with van der Waals surface area (Å²) in [5.74, 6) is -0.347. The van der Waals surface area contributed by atoms with Crippen molar-refractivity contribution in [1.29, 1.82) is 0 Å². The number of aryl methyl sites for hydroxylation is 1. The Hall–Kier alpha value is -4.63. The molecule has 9 heteroatoms.